The molecule has 2 fully saturated rings. The van der Waals surface area contributed by atoms with Gasteiger partial charge >= 0.3 is 5.97 Å². The number of aliphatic hydroxyl groups excluding tert-OH is 1. The molecule has 2 aliphatic rings. The number of aliphatic hydroxyl groups is 1. The lowest BCUT2D eigenvalue weighted by atomic mass is 10.1. The first-order valence-corrected chi connectivity index (χ1v) is 5.45. The molecule has 0 amide bonds. The number of ether oxygens (including phenoxy) is 2. The van der Waals surface area contributed by atoms with E-state index in [2.05, 4.69) is 5.32 Å². The summed E-state index contributed by atoms with van der Waals surface area (Å²) in [6.45, 7) is 1.81. The summed E-state index contributed by atoms with van der Waals surface area (Å²) in [5.41, 5.74) is 0. The van der Waals surface area contributed by atoms with Crippen molar-refractivity contribution in [2.75, 3.05) is 19.8 Å². The van der Waals surface area contributed by atoms with Crippen molar-refractivity contribution in [1.82, 2.24) is 5.32 Å². The maximum Gasteiger partial charge on any atom is 0.323 e. The first kappa shape index (κ1) is 10.9. The van der Waals surface area contributed by atoms with E-state index >= 15 is 0 Å². The molecule has 5 nitrogen and oxygen atoms in total. The Labute approximate surface area is 88.7 Å². The predicted octanol–water partition coefficient (Wildman–Crippen LogP) is -0.569. The van der Waals surface area contributed by atoms with Crippen molar-refractivity contribution in [2.45, 2.75) is 37.5 Å². The van der Waals surface area contributed by atoms with Crippen LogP contribution < -0.4 is 5.32 Å². The van der Waals surface area contributed by atoms with Crippen LogP contribution in [0.15, 0.2) is 0 Å². The van der Waals surface area contributed by atoms with Gasteiger partial charge in [0.2, 0.25) is 0 Å². The maximum atomic E-state index is 11.6. The third-order valence-corrected chi connectivity index (χ3v) is 2.84. The zero-order valence-corrected chi connectivity index (χ0v) is 8.65. The van der Waals surface area contributed by atoms with E-state index in [9.17, 15) is 9.90 Å². The number of β-amino-alcohol motifs (C(OH)–C–C–N with tert-alkyl or cyclic N) is 1. The number of nitrogens with one attached hydrogen (secondary N) is 1. The highest BCUT2D eigenvalue weighted by molar-refractivity contribution is 5.76. The molecule has 0 aliphatic carbocycles. The molecular formula is C10H17NO4. The summed E-state index contributed by atoms with van der Waals surface area (Å²) in [4.78, 5) is 11.6. The van der Waals surface area contributed by atoms with Crippen molar-refractivity contribution in [2.24, 2.45) is 0 Å². The first-order valence-electron chi connectivity index (χ1n) is 5.45. The van der Waals surface area contributed by atoms with Crippen molar-refractivity contribution in [3.05, 3.63) is 0 Å². The van der Waals surface area contributed by atoms with E-state index in [0.717, 1.165) is 12.8 Å². The Morgan fingerprint density at radius 3 is 2.73 bits per heavy atom. The van der Waals surface area contributed by atoms with Gasteiger partial charge in [-0.05, 0) is 0 Å². The topological polar surface area (TPSA) is 67.8 Å². The van der Waals surface area contributed by atoms with Crippen LogP contribution in [0, 0.1) is 0 Å². The van der Waals surface area contributed by atoms with Crippen molar-refractivity contribution >= 4 is 5.97 Å². The van der Waals surface area contributed by atoms with Gasteiger partial charge in [0.1, 0.15) is 12.1 Å². The zero-order valence-electron chi connectivity index (χ0n) is 8.65. The maximum absolute atomic E-state index is 11.6. The summed E-state index contributed by atoms with van der Waals surface area (Å²) in [5, 5.41) is 12.2. The summed E-state index contributed by atoms with van der Waals surface area (Å²) in [5.74, 6) is -0.238. The lowest BCUT2D eigenvalue weighted by molar-refractivity contribution is -0.155. The Balaban J connectivity index is 1.76. The SMILES string of the molecule is O=C(OC1CCOCC1)[C@@H]1CC(O)CN1. The van der Waals surface area contributed by atoms with Crippen molar-refractivity contribution < 1.29 is 19.4 Å². The Morgan fingerprint density at radius 2 is 2.13 bits per heavy atom. The normalized spacial score (nSPS) is 32.9. The quantitative estimate of drug-likeness (QED) is 0.604. The van der Waals surface area contributed by atoms with Crippen molar-refractivity contribution in [3.63, 3.8) is 0 Å². The number of rotatable bonds is 2. The predicted molar refractivity (Wildman–Crippen MR) is 52.3 cm³/mol. The van der Waals surface area contributed by atoms with Crippen molar-refractivity contribution in [1.29, 1.82) is 0 Å². The molecule has 2 atom stereocenters. The number of carbonyl (C=O) groups excluding carboxylic acids is 1. The number of hydrogen-bond donors (Lipinski definition) is 2. The molecule has 2 N–H and O–H groups in total. The van der Waals surface area contributed by atoms with Crippen LogP contribution in [-0.4, -0.2) is 49.1 Å². The molecule has 2 aliphatic heterocycles. The van der Waals surface area contributed by atoms with Gasteiger partial charge in [-0.1, -0.05) is 0 Å². The number of carbonyl (C=O) groups is 1. The summed E-state index contributed by atoms with van der Waals surface area (Å²) < 4.78 is 10.5. The lowest BCUT2D eigenvalue weighted by Gasteiger charge is -2.23. The molecule has 86 valence electrons. The molecule has 0 aromatic heterocycles. The molecule has 1 unspecified atom stereocenters. The van der Waals surface area contributed by atoms with Crippen LogP contribution in [0.3, 0.4) is 0 Å². The third kappa shape index (κ3) is 2.90. The number of esters is 1. The van der Waals surface area contributed by atoms with Gasteiger partial charge in [-0.2, -0.15) is 0 Å². The standard InChI is InChI=1S/C10H17NO4/c12-7-5-9(11-6-7)10(13)15-8-1-3-14-4-2-8/h7-9,11-12H,1-6H2/t7?,9-/m0/s1. The van der Waals surface area contributed by atoms with Gasteiger partial charge in [-0.3, -0.25) is 4.79 Å². The fourth-order valence-electron chi connectivity index (χ4n) is 1.94. The zero-order chi connectivity index (χ0) is 10.7. The molecule has 0 aromatic carbocycles. The second kappa shape index (κ2) is 4.92. The van der Waals surface area contributed by atoms with E-state index in [-0.39, 0.29) is 18.1 Å². The monoisotopic (exact) mass is 215 g/mol. The average molecular weight is 215 g/mol. The van der Waals surface area contributed by atoms with Gasteiger partial charge in [0.15, 0.2) is 0 Å². The Hall–Kier alpha value is -0.650. The highest BCUT2D eigenvalue weighted by Gasteiger charge is 2.31. The third-order valence-electron chi connectivity index (χ3n) is 2.84. The molecule has 15 heavy (non-hydrogen) atoms. The van der Waals surface area contributed by atoms with Gasteiger partial charge in [-0.15, -0.1) is 0 Å². The molecule has 0 saturated carbocycles. The first-order chi connectivity index (χ1) is 7.25. The summed E-state index contributed by atoms with van der Waals surface area (Å²) in [6, 6.07) is -0.331. The van der Waals surface area contributed by atoms with Gasteiger partial charge in [-0.25, -0.2) is 0 Å². The minimum absolute atomic E-state index is 0.00853. The van der Waals surface area contributed by atoms with E-state index in [0.29, 0.717) is 26.2 Å². The van der Waals surface area contributed by atoms with Crippen LogP contribution in [0.5, 0.6) is 0 Å². The van der Waals surface area contributed by atoms with E-state index in [4.69, 9.17) is 9.47 Å². The fraction of sp³-hybridized carbons (Fsp3) is 0.900. The lowest BCUT2D eigenvalue weighted by Crippen LogP contribution is -2.36. The van der Waals surface area contributed by atoms with E-state index in [1.807, 2.05) is 0 Å². The fourth-order valence-corrected chi connectivity index (χ4v) is 1.94. The second-order valence-corrected chi connectivity index (χ2v) is 4.10. The van der Waals surface area contributed by atoms with Crippen molar-refractivity contribution in [3.8, 4) is 0 Å². The van der Waals surface area contributed by atoms with Crippen LogP contribution in [0.4, 0.5) is 0 Å². The Morgan fingerprint density at radius 1 is 1.40 bits per heavy atom. The summed E-state index contributed by atoms with van der Waals surface area (Å²) in [7, 11) is 0. The van der Waals surface area contributed by atoms with Crippen LogP contribution >= 0.6 is 0 Å². The van der Waals surface area contributed by atoms with E-state index < -0.39 is 6.10 Å². The minimum atomic E-state index is -0.419. The van der Waals surface area contributed by atoms with Gasteiger partial charge in [0.25, 0.3) is 0 Å². The molecular weight excluding hydrogens is 198 g/mol. The highest BCUT2D eigenvalue weighted by Crippen LogP contribution is 2.14. The molecule has 0 spiro atoms. The molecule has 2 heterocycles. The second-order valence-electron chi connectivity index (χ2n) is 4.10. The Kier molecular flexibility index (Phi) is 3.56. The van der Waals surface area contributed by atoms with Gasteiger partial charge in [0.05, 0.1) is 19.3 Å². The number of hydrogen-bond acceptors (Lipinski definition) is 5. The van der Waals surface area contributed by atoms with Crippen LogP contribution in [-0.2, 0) is 14.3 Å². The molecule has 2 saturated heterocycles. The largest absolute Gasteiger partial charge is 0.461 e. The molecule has 0 bridgehead atoms. The van der Waals surface area contributed by atoms with E-state index in [1.165, 1.54) is 0 Å². The smallest absolute Gasteiger partial charge is 0.323 e. The molecule has 5 heteroatoms. The molecule has 2 rings (SSSR count). The molecule has 0 aromatic rings. The summed E-state index contributed by atoms with van der Waals surface area (Å²) in [6.07, 6.45) is 1.59. The van der Waals surface area contributed by atoms with Crippen LogP contribution in [0.2, 0.25) is 0 Å². The minimum Gasteiger partial charge on any atom is -0.461 e. The Bertz CT molecular complexity index is 227. The molecule has 0 radical (unpaired) electrons. The highest BCUT2D eigenvalue weighted by atomic mass is 16.6. The van der Waals surface area contributed by atoms with Crippen LogP contribution in [0.1, 0.15) is 19.3 Å². The average Bonchev–Trinajstić information content (AvgIpc) is 2.66. The van der Waals surface area contributed by atoms with Gasteiger partial charge < -0.3 is 19.9 Å². The van der Waals surface area contributed by atoms with Gasteiger partial charge in [0, 0.05) is 25.8 Å². The summed E-state index contributed by atoms with van der Waals surface area (Å²) >= 11 is 0. The van der Waals surface area contributed by atoms with E-state index in [1.54, 1.807) is 0 Å². The van der Waals surface area contributed by atoms with Crippen LogP contribution in [0.25, 0.3) is 0 Å².